The minimum absolute atomic E-state index is 0.0789. The highest BCUT2D eigenvalue weighted by atomic mass is 35.5. The fourth-order valence-corrected chi connectivity index (χ4v) is 5.35. The highest BCUT2D eigenvalue weighted by Gasteiger charge is 2.33. The van der Waals surface area contributed by atoms with Gasteiger partial charge >= 0.3 is 0 Å². The van der Waals surface area contributed by atoms with Crippen LogP contribution in [0.4, 0.5) is 4.39 Å². The van der Waals surface area contributed by atoms with Gasteiger partial charge in [0, 0.05) is 28.6 Å². The highest BCUT2D eigenvalue weighted by Crippen LogP contribution is 2.34. The van der Waals surface area contributed by atoms with E-state index < -0.39 is 5.82 Å². The van der Waals surface area contributed by atoms with E-state index in [2.05, 4.69) is 0 Å². The molecule has 4 rings (SSSR count). The van der Waals surface area contributed by atoms with Gasteiger partial charge in [-0.05, 0) is 71.8 Å². The van der Waals surface area contributed by atoms with Gasteiger partial charge in [0.25, 0.3) is 5.91 Å². The van der Waals surface area contributed by atoms with E-state index in [0.717, 1.165) is 12.0 Å². The van der Waals surface area contributed by atoms with Gasteiger partial charge < -0.3 is 14.5 Å². The Bertz CT molecular complexity index is 1180. The van der Waals surface area contributed by atoms with Crippen molar-refractivity contribution in [2.45, 2.75) is 26.3 Å². The summed E-state index contributed by atoms with van der Waals surface area (Å²) in [4.78, 5) is 31.3. The Kier molecular flexibility index (Phi) is 8.08. The number of amides is 2. The van der Waals surface area contributed by atoms with E-state index in [-0.39, 0.29) is 35.9 Å². The molecule has 5 nitrogen and oxygen atoms in total. The number of thiophene rings is 1. The molecule has 0 bridgehead atoms. The highest BCUT2D eigenvalue weighted by molar-refractivity contribution is 7.10. The molecule has 1 atom stereocenters. The number of ether oxygens (including phenoxy) is 1. The third kappa shape index (κ3) is 6.21. The summed E-state index contributed by atoms with van der Waals surface area (Å²) in [5.74, 6) is -0.168. The van der Waals surface area contributed by atoms with Crippen molar-refractivity contribution in [3.05, 3.63) is 86.8 Å². The molecule has 184 valence electrons. The van der Waals surface area contributed by atoms with E-state index in [9.17, 15) is 14.0 Å². The molecule has 2 aromatic carbocycles. The number of halogens is 2. The minimum atomic E-state index is -0.480. The third-order valence-electron chi connectivity index (χ3n) is 5.91. The van der Waals surface area contributed by atoms with Crippen LogP contribution in [0.15, 0.2) is 60.0 Å². The van der Waals surface area contributed by atoms with Gasteiger partial charge in [0.15, 0.2) is 0 Å². The summed E-state index contributed by atoms with van der Waals surface area (Å²) in [7, 11) is 0. The summed E-state index contributed by atoms with van der Waals surface area (Å²) < 4.78 is 19.8. The van der Waals surface area contributed by atoms with Crippen LogP contribution in [-0.2, 0) is 11.2 Å². The molecular formula is C27H28ClFN2O3S. The number of rotatable bonds is 8. The normalized spacial score (nSPS) is 15.1. The molecule has 2 amide bonds. The van der Waals surface area contributed by atoms with E-state index in [4.69, 9.17) is 16.3 Å². The quantitative estimate of drug-likeness (QED) is 0.379. The van der Waals surface area contributed by atoms with Gasteiger partial charge in [-0.1, -0.05) is 31.5 Å². The van der Waals surface area contributed by atoms with Crippen LogP contribution in [0.2, 0.25) is 5.02 Å². The first kappa shape index (κ1) is 25.2. The molecule has 35 heavy (non-hydrogen) atoms. The van der Waals surface area contributed by atoms with Gasteiger partial charge in [-0.15, -0.1) is 11.3 Å². The van der Waals surface area contributed by atoms with Crippen LogP contribution in [0.25, 0.3) is 0 Å². The van der Waals surface area contributed by atoms with Gasteiger partial charge in [-0.2, -0.15) is 0 Å². The van der Waals surface area contributed by atoms with Crippen molar-refractivity contribution in [3.8, 4) is 5.75 Å². The second-order valence-electron chi connectivity index (χ2n) is 9.01. The lowest BCUT2D eigenvalue weighted by Crippen LogP contribution is -2.48. The Balaban J connectivity index is 1.53. The average Bonchev–Trinajstić information content (AvgIpc) is 3.31. The zero-order valence-corrected chi connectivity index (χ0v) is 21.3. The zero-order valence-electron chi connectivity index (χ0n) is 19.7. The molecule has 8 heteroatoms. The Morgan fingerprint density at radius 2 is 1.97 bits per heavy atom. The minimum Gasteiger partial charge on any atom is -0.491 e. The van der Waals surface area contributed by atoms with Crippen LogP contribution in [-0.4, -0.2) is 47.9 Å². The van der Waals surface area contributed by atoms with Crippen LogP contribution < -0.4 is 4.74 Å². The second kappa shape index (κ2) is 11.2. The van der Waals surface area contributed by atoms with E-state index in [1.54, 1.807) is 46.6 Å². The van der Waals surface area contributed by atoms with Crippen LogP contribution in [0.1, 0.15) is 40.7 Å². The Morgan fingerprint density at radius 3 is 2.69 bits per heavy atom. The standard InChI is InChI=1S/C27H28ClFN2O3S/c1-18(2)15-30(27(33)19-4-3-5-21(29)14-19)16-26(32)31-12-10-25-23(11-13-35-25)24(31)17-34-22-8-6-20(28)7-9-22/h3-9,11,13-14,18,24H,10,12,15-17H2,1-2H3. The lowest BCUT2D eigenvalue weighted by Gasteiger charge is -2.37. The second-order valence-corrected chi connectivity index (χ2v) is 10.4. The molecule has 0 spiro atoms. The lowest BCUT2D eigenvalue weighted by atomic mass is 10.00. The number of fused-ring (bicyclic) bond motifs is 1. The lowest BCUT2D eigenvalue weighted by molar-refractivity contribution is -0.135. The number of benzene rings is 2. The maximum absolute atomic E-state index is 13.7. The van der Waals surface area contributed by atoms with Gasteiger partial charge in [0.05, 0.1) is 6.04 Å². The molecule has 0 fully saturated rings. The maximum Gasteiger partial charge on any atom is 0.254 e. The van der Waals surface area contributed by atoms with Gasteiger partial charge in [0.1, 0.15) is 24.7 Å². The maximum atomic E-state index is 13.7. The number of hydrogen-bond acceptors (Lipinski definition) is 4. The van der Waals surface area contributed by atoms with Crippen molar-refractivity contribution >= 4 is 34.8 Å². The topological polar surface area (TPSA) is 49.9 Å². The molecule has 3 aromatic rings. The van der Waals surface area contributed by atoms with Gasteiger partial charge in [0.2, 0.25) is 5.91 Å². The molecule has 0 N–H and O–H groups in total. The molecule has 1 unspecified atom stereocenters. The van der Waals surface area contributed by atoms with Crippen LogP contribution >= 0.6 is 22.9 Å². The summed E-state index contributed by atoms with van der Waals surface area (Å²) in [5.41, 5.74) is 1.32. The zero-order chi connectivity index (χ0) is 24.9. The van der Waals surface area contributed by atoms with E-state index >= 15 is 0 Å². The van der Waals surface area contributed by atoms with E-state index in [1.807, 2.05) is 25.3 Å². The average molecular weight is 515 g/mol. The van der Waals surface area contributed by atoms with Gasteiger partial charge in [-0.3, -0.25) is 9.59 Å². The molecule has 1 aromatic heterocycles. The number of nitrogens with zero attached hydrogens (tertiary/aromatic N) is 2. The first-order chi connectivity index (χ1) is 16.8. The van der Waals surface area contributed by atoms with Crippen LogP contribution in [0.3, 0.4) is 0 Å². The molecule has 0 saturated heterocycles. The van der Waals surface area contributed by atoms with Crippen LogP contribution in [0.5, 0.6) is 5.75 Å². The third-order valence-corrected chi connectivity index (χ3v) is 7.16. The largest absolute Gasteiger partial charge is 0.491 e. The number of hydrogen-bond donors (Lipinski definition) is 0. The summed E-state index contributed by atoms with van der Waals surface area (Å²) in [6, 6.07) is 14.5. The molecule has 0 saturated carbocycles. The van der Waals surface area contributed by atoms with E-state index in [0.29, 0.717) is 30.5 Å². The molecule has 0 radical (unpaired) electrons. The molecule has 1 aliphatic heterocycles. The van der Waals surface area contributed by atoms with Gasteiger partial charge in [-0.25, -0.2) is 4.39 Å². The van der Waals surface area contributed by atoms with Crippen molar-refractivity contribution in [2.75, 3.05) is 26.2 Å². The molecular weight excluding hydrogens is 487 g/mol. The predicted molar refractivity (Wildman–Crippen MR) is 137 cm³/mol. The Hall–Kier alpha value is -2.90. The van der Waals surface area contributed by atoms with E-state index in [1.165, 1.54) is 28.0 Å². The molecule has 0 aliphatic carbocycles. The summed E-state index contributed by atoms with van der Waals surface area (Å²) >= 11 is 7.66. The van der Waals surface area contributed by atoms with Crippen molar-refractivity contribution in [1.82, 2.24) is 9.80 Å². The summed E-state index contributed by atoms with van der Waals surface area (Å²) in [6.45, 7) is 5.12. The molecule has 1 aliphatic rings. The monoisotopic (exact) mass is 514 g/mol. The van der Waals surface area contributed by atoms with Crippen molar-refractivity contribution in [2.24, 2.45) is 5.92 Å². The molecule has 2 heterocycles. The van der Waals surface area contributed by atoms with Crippen molar-refractivity contribution in [3.63, 3.8) is 0 Å². The SMILES string of the molecule is CC(C)CN(CC(=O)N1CCc2sccc2C1COc1ccc(Cl)cc1)C(=O)c1cccc(F)c1. The Morgan fingerprint density at radius 1 is 1.20 bits per heavy atom. The van der Waals surface area contributed by atoms with Crippen molar-refractivity contribution in [1.29, 1.82) is 0 Å². The summed E-state index contributed by atoms with van der Waals surface area (Å²) in [6.07, 6.45) is 0.762. The van der Waals surface area contributed by atoms with Crippen LogP contribution in [0, 0.1) is 11.7 Å². The fraction of sp³-hybridized carbons (Fsp3) is 0.333. The fourth-order valence-electron chi connectivity index (χ4n) is 4.30. The summed E-state index contributed by atoms with van der Waals surface area (Å²) in [5, 5.41) is 2.66. The Labute approximate surface area is 214 Å². The van der Waals surface area contributed by atoms with Crippen molar-refractivity contribution < 1.29 is 18.7 Å². The smallest absolute Gasteiger partial charge is 0.254 e. The predicted octanol–water partition coefficient (Wildman–Crippen LogP) is 5.84. The number of carbonyl (C=O) groups is 2. The number of carbonyl (C=O) groups excluding carboxylic acids is 2. The first-order valence-corrected chi connectivity index (χ1v) is 12.9. The first-order valence-electron chi connectivity index (χ1n) is 11.6.